The fourth-order valence-corrected chi connectivity index (χ4v) is 3.27. The molecule has 1 aliphatic heterocycles. The number of anilines is 1. The van der Waals surface area contributed by atoms with E-state index in [4.69, 9.17) is 4.74 Å². The van der Waals surface area contributed by atoms with E-state index in [1.807, 2.05) is 0 Å². The summed E-state index contributed by atoms with van der Waals surface area (Å²) in [6.07, 6.45) is 0. The van der Waals surface area contributed by atoms with Crippen molar-refractivity contribution in [2.75, 3.05) is 32.1 Å². The quantitative estimate of drug-likeness (QED) is 0.232. The molecule has 1 unspecified atom stereocenters. The van der Waals surface area contributed by atoms with E-state index in [1.165, 1.54) is 19.2 Å². The molecule has 3 rings (SSSR count). The first-order valence-electron chi connectivity index (χ1n) is 9.78. The highest BCUT2D eigenvalue weighted by molar-refractivity contribution is 6.09. The van der Waals surface area contributed by atoms with Crippen molar-refractivity contribution in [3.8, 4) is 5.75 Å². The average Bonchev–Trinajstić information content (AvgIpc) is 3.01. The van der Waals surface area contributed by atoms with Crippen LogP contribution in [-0.4, -0.2) is 54.4 Å². The van der Waals surface area contributed by atoms with E-state index in [-0.39, 0.29) is 12.2 Å². The van der Waals surface area contributed by atoms with E-state index >= 15 is 0 Å². The van der Waals surface area contributed by atoms with Crippen molar-refractivity contribution in [1.82, 2.24) is 15.5 Å². The van der Waals surface area contributed by atoms with Gasteiger partial charge in [-0.05, 0) is 36.8 Å². The molecule has 0 radical (unpaired) electrons. The lowest BCUT2D eigenvalue weighted by atomic mass is 9.92. The van der Waals surface area contributed by atoms with Crippen molar-refractivity contribution in [3.63, 3.8) is 0 Å². The number of hydrogen-bond donors (Lipinski definition) is 3. The first-order valence-corrected chi connectivity index (χ1v) is 9.78. The fraction of sp³-hybridized carbons (Fsp3) is 0.286. The van der Waals surface area contributed by atoms with Crippen LogP contribution in [0.4, 0.5) is 16.2 Å². The molecule has 1 atom stereocenters. The highest BCUT2D eigenvalue weighted by Gasteiger charge is 2.49. The van der Waals surface area contributed by atoms with Crippen molar-refractivity contribution in [3.05, 3.63) is 64.2 Å². The molecule has 11 nitrogen and oxygen atoms in total. The first-order chi connectivity index (χ1) is 15.2. The number of ether oxygens (including phenoxy) is 1. The Balaban J connectivity index is 1.50. The monoisotopic (exact) mass is 441 g/mol. The van der Waals surface area contributed by atoms with Crippen LogP contribution in [0.15, 0.2) is 48.5 Å². The zero-order chi connectivity index (χ0) is 23.3. The number of carbonyl (C=O) groups is 3. The molecule has 11 heteroatoms. The third-order valence-electron chi connectivity index (χ3n) is 5.10. The van der Waals surface area contributed by atoms with Gasteiger partial charge in [0.25, 0.3) is 11.6 Å². The Morgan fingerprint density at radius 3 is 2.38 bits per heavy atom. The van der Waals surface area contributed by atoms with Crippen LogP contribution < -0.4 is 20.7 Å². The van der Waals surface area contributed by atoms with Gasteiger partial charge in [-0.1, -0.05) is 12.1 Å². The van der Waals surface area contributed by atoms with Crippen molar-refractivity contribution in [2.24, 2.45) is 0 Å². The third kappa shape index (κ3) is 4.77. The Kier molecular flexibility index (Phi) is 6.57. The number of nitrogens with zero attached hydrogens (tertiary/aromatic N) is 2. The number of imide groups is 1. The predicted molar refractivity (Wildman–Crippen MR) is 115 cm³/mol. The number of nitro benzene ring substituents is 1. The lowest BCUT2D eigenvalue weighted by Gasteiger charge is -2.22. The van der Waals surface area contributed by atoms with E-state index in [0.29, 0.717) is 23.5 Å². The third-order valence-corrected chi connectivity index (χ3v) is 5.10. The van der Waals surface area contributed by atoms with Crippen molar-refractivity contribution in [1.29, 1.82) is 0 Å². The van der Waals surface area contributed by atoms with Gasteiger partial charge in [0.2, 0.25) is 5.91 Å². The highest BCUT2D eigenvalue weighted by Crippen LogP contribution is 2.29. The van der Waals surface area contributed by atoms with Gasteiger partial charge in [-0.25, -0.2) is 4.79 Å². The summed E-state index contributed by atoms with van der Waals surface area (Å²) in [5.74, 6) is -0.391. The Labute approximate surface area is 183 Å². The second kappa shape index (κ2) is 9.33. The molecule has 168 valence electrons. The number of urea groups is 1. The van der Waals surface area contributed by atoms with E-state index in [9.17, 15) is 24.5 Å². The van der Waals surface area contributed by atoms with Crippen molar-refractivity contribution in [2.45, 2.75) is 12.5 Å². The summed E-state index contributed by atoms with van der Waals surface area (Å²) < 4.78 is 5.11. The van der Waals surface area contributed by atoms with Gasteiger partial charge in [0.05, 0.1) is 12.0 Å². The minimum absolute atomic E-state index is 0.0148. The molecule has 0 aliphatic carbocycles. The molecule has 0 aromatic heterocycles. The Morgan fingerprint density at radius 2 is 1.78 bits per heavy atom. The lowest BCUT2D eigenvalue weighted by Crippen LogP contribution is -2.43. The van der Waals surface area contributed by atoms with Gasteiger partial charge in [0.15, 0.2) is 0 Å². The minimum atomic E-state index is -1.28. The van der Waals surface area contributed by atoms with Gasteiger partial charge in [-0.2, -0.15) is 0 Å². The summed E-state index contributed by atoms with van der Waals surface area (Å²) in [7, 11) is 1.53. The largest absolute Gasteiger partial charge is 0.497 e. The zero-order valence-electron chi connectivity index (χ0n) is 17.6. The van der Waals surface area contributed by atoms with E-state index in [2.05, 4.69) is 16.0 Å². The summed E-state index contributed by atoms with van der Waals surface area (Å²) >= 11 is 0. The molecule has 1 heterocycles. The summed E-state index contributed by atoms with van der Waals surface area (Å²) in [6, 6.07) is 12.0. The van der Waals surface area contributed by atoms with Gasteiger partial charge in [-0.15, -0.1) is 0 Å². The number of hydrogen-bond acceptors (Lipinski definition) is 7. The molecular weight excluding hydrogens is 418 g/mol. The topological polar surface area (TPSA) is 143 Å². The summed E-state index contributed by atoms with van der Waals surface area (Å²) in [5, 5.41) is 19.0. The van der Waals surface area contributed by atoms with Crippen LogP contribution in [-0.2, 0) is 15.1 Å². The number of methoxy groups -OCH3 is 1. The van der Waals surface area contributed by atoms with E-state index in [1.54, 1.807) is 43.3 Å². The maximum atomic E-state index is 12.9. The Hall–Kier alpha value is -4.15. The SMILES string of the molecule is COc1ccc(C2(C)NC(=O)N(CC(=O)NCCNc3ccc([N+](=O)[O-])cc3)C2=O)cc1. The number of non-ortho nitro benzene ring substituents is 1. The molecule has 0 saturated carbocycles. The second-order valence-electron chi connectivity index (χ2n) is 7.26. The van der Waals surface area contributed by atoms with Gasteiger partial charge < -0.3 is 20.7 Å². The first kappa shape index (κ1) is 22.5. The molecule has 1 saturated heterocycles. The smallest absolute Gasteiger partial charge is 0.325 e. The maximum absolute atomic E-state index is 12.9. The fourth-order valence-electron chi connectivity index (χ4n) is 3.27. The molecule has 32 heavy (non-hydrogen) atoms. The highest BCUT2D eigenvalue weighted by atomic mass is 16.6. The lowest BCUT2D eigenvalue weighted by molar-refractivity contribution is -0.384. The van der Waals surface area contributed by atoms with Crippen LogP contribution in [0.25, 0.3) is 0 Å². The molecule has 0 bridgehead atoms. The summed E-state index contributed by atoms with van der Waals surface area (Å²) in [4.78, 5) is 48.5. The van der Waals surface area contributed by atoms with Crippen molar-refractivity contribution < 1.29 is 24.0 Å². The van der Waals surface area contributed by atoms with Crippen LogP contribution >= 0.6 is 0 Å². The van der Waals surface area contributed by atoms with E-state index < -0.39 is 34.9 Å². The van der Waals surface area contributed by atoms with Crippen molar-refractivity contribution >= 4 is 29.2 Å². The summed E-state index contributed by atoms with van der Waals surface area (Å²) in [5.41, 5.74) is -0.0544. The van der Waals surface area contributed by atoms with Gasteiger partial charge in [0.1, 0.15) is 17.8 Å². The minimum Gasteiger partial charge on any atom is -0.497 e. The Morgan fingerprint density at radius 1 is 1.12 bits per heavy atom. The molecular formula is C21H23N5O6. The van der Waals surface area contributed by atoms with E-state index in [0.717, 1.165) is 4.90 Å². The molecule has 4 amide bonds. The molecule has 3 N–H and O–H groups in total. The predicted octanol–water partition coefficient (Wildman–Crippen LogP) is 1.60. The second-order valence-corrected chi connectivity index (χ2v) is 7.26. The normalized spacial score (nSPS) is 17.6. The molecule has 0 spiro atoms. The standard InChI is InChI=1S/C21H23N5O6/c1-21(14-3-9-17(32-2)10-4-14)19(28)25(20(29)24-21)13-18(27)23-12-11-22-15-5-7-16(8-6-15)26(30)31/h3-10,22H,11-13H2,1-2H3,(H,23,27)(H,24,29). The van der Waals surface area contributed by atoms with Crippen LogP contribution in [0, 0.1) is 10.1 Å². The van der Waals surface area contributed by atoms with Gasteiger partial charge >= 0.3 is 6.03 Å². The molecule has 1 aliphatic rings. The maximum Gasteiger partial charge on any atom is 0.325 e. The number of amides is 4. The average molecular weight is 441 g/mol. The number of benzene rings is 2. The molecule has 2 aromatic carbocycles. The van der Waals surface area contributed by atoms with Gasteiger partial charge in [0, 0.05) is 30.9 Å². The molecule has 1 fully saturated rings. The number of nitro groups is 1. The molecule has 2 aromatic rings. The number of nitrogens with one attached hydrogen (secondary N) is 3. The van der Waals surface area contributed by atoms with Crippen LogP contribution in [0.2, 0.25) is 0 Å². The Bertz CT molecular complexity index is 1020. The van der Waals surface area contributed by atoms with Crippen LogP contribution in [0.5, 0.6) is 5.75 Å². The number of carbonyl (C=O) groups excluding carboxylic acids is 3. The number of rotatable bonds is 9. The van der Waals surface area contributed by atoms with Gasteiger partial charge in [-0.3, -0.25) is 24.6 Å². The summed E-state index contributed by atoms with van der Waals surface area (Å²) in [6.45, 7) is 1.76. The van der Waals surface area contributed by atoms with Crippen LogP contribution in [0.3, 0.4) is 0 Å². The zero-order valence-corrected chi connectivity index (χ0v) is 17.6. The van der Waals surface area contributed by atoms with Crippen LogP contribution in [0.1, 0.15) is 12.5 Å².